The summed E-state index contributed by atoms with van der Waals surface area (Å²) in [6.45, 7) is 0.990. The van der Waals surface area contributed by atoms with Crippen LogP contribution in [0, 0.1) is 0 Å². The van der Waals surface area contributed by atoms with Crippen LogP contribution < -0.4 is 5.32 Å². The number of methoxy groups -OCH3 is 1. The SMILES string of the molecule is COCCNC(C(=O)O)c1ccc(Br)cc1. The Morgan fingerprint density at radius 2 is 2.12 bits per heavy atom. The van der Waals surface area contributed by atoms with Crippen molar-refractivity contribution in [1.82, 2.24) is 5.32 Å². The number of aliphatic carboxylic acids is 1. The lowest BCUT2D eigenvalue weighted by atomic mass is 10.1. The molecule has 88 valence electrons. The second-order valence-electron chi connectivity index (χ2n) is 3.27. The molecule has 16 heavy (non-hydrogen) atoms. The van der Waals surface area contributed by atoms with Crippen LogP contribution in [0.15, 0.2) is 28.7 Å². The average molecular weight is 288 g/mol. The molecular formula is C11H14BrNO3. The summed E-state index contributed by atoms with van der Waals surface area (Å²) in [4.78, 5) is 11.1. The zero-order valence-corrected chi connectivity index (χ0v) is 10.5. The minimum absolute atomic E-state index is 0.486. The maximum absolute atomic E-state index is 11.1. The molecule has 1 aromatic rings. The summed E-state index contributed by atoms with van der Waals surface area (Å²) in [5.74, 6) is -0.890. The lowest BCUT2D eigenvalue weighted by Gasteiger charge is -2.14. The van der Waals surface area contributed by atoms with E-state index in [1.807, 2.05) is 12.1 Å². The van der Waals surface area contributed by atoms with Gasteiger partial charge in [-0.25, -0.2) is 0 Å². The Morgan fingerprint density at radius 1 is 1.50 bits per heavy atom. The summed E-state index contributed by atoms with van der Waals surface area (Å²) in [5.41, 5.74) is 0.729. The van der Waals surface area contributed by atoms with Gasteiger partial charge in [0.1, 0.15) is 6.04 Å². The number of hydrogen-bond acceptors (Lipinski definition) is 3. The highest BCUT2D eigenvalue weighted by Crippen LogP contribution is 2.17. The molecule has 0 fully saturated rings. The number of ether oxygens (including phenoxy) is 1. The lowest BCUT2D eigenvalue weighted by molar-refractivity contribution is -0.139. The zero-order valence-electron chi connectivity index (χ0n) is 8.94. The molecule has 0 radical (unpaired) electrons. The quantitative estimate of drug-likeness (QED) is 0.784. The van der Waals surface area contributed by atoms with Gasteiger partial charge in [-0.3, -0.25) is 10.1 Å². The molecule has 0 aromatic heterocycles. The molecule has 5 heteroatoms. The van der Waals surface area contributed by atoms with Gasteiger partial charge < -0.3 is 9.84 Å². The number of hydrogen-bond donors (Lipinski definition) is 2. The van der Waals surface area contributed by atoms with E-state index in [1.165, 1.54) is 0 Å². The first kappa shape index (κ1) is 13.2. The van der Waals surface area contributed by atoms with Gasteiger partial charge in [0.05, 0.1) is 6.61 Å². The van der Waals surface area contributed by atoms with E-state index in [2.05, 4.69) is 21.2 Å². The third kappa shape index (κ3) is 3.92. The molecular weight excluding hydrogens is 274 g/mol. The molecule has 0 amide bonds. The minimum atomic E-state index is -0.890. The highest BCUT2D eigenvalue weighted by Gasteiger charge is 2.18. The second-order valence-corrected chi connectivity index (χ2v) is 4.19. The van der Waals surface area contributed by atoms with Crippen molar-refractivity contribution in [3.05, 3.63) is 34.3 Å². The van der Waals surface area contributed by atoms with E-state index in [0.717, 1.165) is 10.0 Å². The van der Waals surface area contributed by atoms with E-state index in [-0.39, 0.29) is 0 Å². The lowest BCUT2D eigenvalue weighted by Crippen LogP contribution is -2.30. The molecule has 0 aliphatic heterocycles. The topological polar surface area (TPSA) is 58.6 Å². The average Bonchev–Trinajstić information content (AvgIpc) is 2.26. The molecule has 1 rings (SSSR count). The highest BCUT2D eigenvalue weighted by molar-refractivity contribution is 9.10. The summed E-state index contributed by atoms with van der Waals surface area (Å²) >= 11 is 3.31. The van der Waals surface area contributed by atoms with Crippen LogP contribution in [-0.4, -0.2) is 31.3 Å². The van der Waals surface area contributed by atoms with Crippen LogP contribution >= 0.6 is 15.9 Å². The predicted octanol–water partition coefficient (Wildman–Crippen LogP) is 1.81. The van der Waals surface area contributed by atoms with Gasteiger partial charge >= 0.3 is 5.97 Å². The highest BCUT2D eigenvalue weighted by atomic mass is 79.9. The van der Waals surface area contributed by atoms with Gasteiger partial charge in [0.2, 0.25) is 0 Å². The van der Waals surface area contributed by atoms with Gasteiger partial charge in [0.25, 0.3) is 0 Å². The van der Waals surface area contributed by atoms with Crippen LogP contribution in [0.2, 0.25) is 0 Å². The van der Waals surface area contributed by atoms with Crippen LogP contribution in [0.1, 0.15) is 11.6 Å². The van der Waals surface area contributed by atoms with E-state index in [9.17, 15) is 4.79 Å². The van der Waals surface area contributed by atoms with Gasteiger partial charge in [0, 0.05) is 18.1 Å². The number of carbonyl (C=O) groups is 1. The third-order valence-electron chi connectivity index (χ3n) is 2.10. The summed E-state index contributed by atoms with van der Waals surface area (Å²) < 4.78 is 5.79. The van der Waals surface area contributed by atoms with Crippen molar-refractivity contribution in [3.63, 3.8) is 0 Å². The Labute approximate surface area is 103 Å². The van der Waals surface area contributed by atoms with E-state index in [4.69, 9.17) is 9.84 Å². The number of halogens is 1. The fraction of sp³-hybridized carbons (Fsp3) is 0.364. The maximum atomic E-state index is 11.1. The van der Waals surface area contributed by atoms with E-state index < -0.39 is 12.0 Å². The standard InChI is InChI=1S/C11H14BrNO3/c1-16-7-6-13-10(11(14)15)8-2-4-9(12)5-3-8/h2-5,10,13H,6-7H2,1H3,(H,14,15). The third-order valence-corrected chi connectivity index (χ3v) is 2.63. The summed E-state index contributed by atoms with van der Waals surface area (Å²) in [6, 6.07) is 6.51. The van der Waals surface area contributed by atoms with Gasteiger partial charge in [-0.05, 0) is 17.7 Å². The maximum Gasteiger partial charge on any atom is 0.325 e. The summed E-state index contributed by atoms with van der Waals surface area (Å²) in [6.07, 6.45) is 0. The molecule has 1 atom stereocenters. The van der Waals surface area contributed by atoms with Crippen molar-refractivity contribution in [1.29, 1.82) is 0 Å². The zero-order chi connectivity index (χ0) is 12.0. The number of nitrogens with one attached hydrogen (secondary N) is 1. The van der Waals surface area contributed by atoms with Gasteiger partial charge in [0.15, 0.2) is 0 Å². The van der Waals surface area contributed by atoms with Crippen LogP contribution in [0.5, 0.6) is 0 Å². The summed E-state index contributed by atoms with van der Waals surface area (Å²) in [7, 11) is 1.58. The Balaban J connectivity index is 2.69. The first-order chi connectivity index (χ1) is 7.65. The molecule has 0 aliphatic carbocycles. The monoisotopic (exact) mass is 287 g/mol. The number of benzene rings is 1. The number of carboxylic acid groups (broad SMARTS) is 1. The van der Waals surface area contributed by atoms with Gasteiger partial charge in [-0.1, -0.05) is 28.1 Å². The summed E-state index contributed by atoms with van der Waals surface area (Å²) in [5, 5.41) is 12.0. The fourth-order valence-corrected chi connectivity index (χ4v) is 1.57. The minimum Gasteiger partial charge on any atom is -0.480 e. The van der Waals surface area contributed by atoms with Crippen molar-refractivity contribution in [3.8, 4) is 0 Å². The Morgan fingerprint density at radius 3 is 2.62 bits per heavy atom. The van der Waals surface area contributed by atoms with Crippen molar-refractivity contribution in [2.75, 3.05) is 20.3 Å². The van der Waals surface area contributed by atoms with Gasteiger partial charge in [-0.2, -0.15) is 0 Å². The smallest absolute Gasteiger partial charge is 0.325 e. The van der Waals surface area contributed by atoms with Crippen molar-refractivity contribution >= 4 is 21.9 Å². The molecule has 1 aromatic carbocycles. The molecule has 0 spiro atoms. The van der Waals surface area contributed by atoms with Gasteiger partial charge in [-0.15, -0.1) is 0 Å². The Kier molecular flexibility index (Phi) is 5.45. The molecule has 0 aliphatic rings. The van der Waals surface area contributed by atoms with E-state index >= 15 is 0 Å². The van der Waals surface area contributed by atoms with E-state index in [1.54, 1.807) is 19.2 Å². The first-order valence-electron chi connectivity index (χ1n) is 4.85. The molecule has 2 N–H and O–H groups in total. The number of rotatable bonds is 6. The molecule has 1 unspecified atom stereocenters. The van der Waals surface area contributed by atoms with Crippen molar-refractivity contribution in [2.24, 2.45) is 0 Å². The molecule has 0 saturated carbocycles. The van der Waals surface area contributed by atoms with Crippen molar-refractivity contribution in [2.45, 2.75) is 6.04 Å². The molecule has 0 saturated heterocycles. The van der Waals surface area contributed by atoms with Crippen LogP contribution in [0.25, 0.3) is 0 Å². The first-order valence-corrected chi connectivity index (χ1v) is 5.65. The van der Waals surface area contributed by atoms with Crippen LogP contribution in [0.4, 0.5) is 0 Å². The van der Waals surface area contributed by atoms with Crippen LogP contribution in [0.3, 0.4) is 0 Å². The normalized spacial score (nSPS) is 12.4. The molecule has 0 bridgehead atoms. The van der Waals surface area contributed by atoms with Crippen LogP contribution in [-0.2, 0) is 9.53 Å². The number of carboxylic acids is 1. The molecule has 4 nitrogen and oxygen atoms in total. The molecule has 0 heterocycles. The largest absolute Gasteiger partial charge is 0.480 e. The fourth-order valence-electron chi connectivity index (χ4n) is 1.31. The predicted molar refractivity (Wildman–Crippen MR) is 64.4 cm³/mol. The Hall–Kier alpha value is -0.910. The Bertz CT molecular complexity index is 340. The van der Waals surface area contributed by atoms with Crippen molar-refractivity contribution < 1.29 is 14.6 Å². The van der Waals surface area contributed by atoms with E-state index in [0.29, 0.717) is 13.2 Å². The second kappa shape index (κ2) is 6.62.